The third-order valence-corrected chi connectivity index (χ3v) is 2.49. The molecular formula is C14H22N2O3. The van der Waals surface area contributed by atoms with Crippen molar-refractivity contribution in [3.63, 3.8) is 0 Å². The highest BCUT2D eigenvalue weighted by Crippen LogP contribution is 2.24. The van der Waals surface area contributed by atoms with Crippen LogP contribution >= 0.6 is 0 Å². The number of amides is 1. The molecule has 0 fully saturated rings. The topological polar surface area (TPSA) is 70.6 Å². The summed E-state index contributed by atoms with van der Waals surface area (Å²) >= 11 is 0. The molecule has 0 heterocycles. The maximum atomic E-state index is 11.1. The van der Waals surface area contributed by atoms with E-state index in [1.54, 1.807) is 19.1 Å². The second-order valence-corrected chi connectivity index (χ2v) is 4.74. The molecule has 5 nitrogen and oxygen atoms in total. The number of hydrogen-bond donors (Lipinski definition) is 3. The maximum absolute atomic E-state index is 11.1. The predicted octanol–water partition coefficient (Wildman–Crippen LogP) is 1.38. The quantitative estimate of drug-likeness (QED) is 0.697. The fourth-order valence-corrected chi connectivity index (χ4v) is 1.56. The number of likely N-dealkylation sites (N-methyl/N-ethyl adjacent to an activating group) is 1. The van der Waals surface area contributed by atoms with Crippen molar-refractivity contribution < 1.29 is 14.6 Å². The Bertz CT molecular complexity index is 419. The van der Waals surface area contributed by atoms with Crippen molar-refractivity contribution in [3.8, 4) is 5.75 Å². The Balaban J connectivity index is 2.64. The monoisotopic (exact) mass is 266 g/mol. The number of rotatable bonds is 7. The molecule has 0 bridgehead atoms. The minimum absolute atomic E-state index is 0.149. The molecule has 106 valence electrons. The van der Waals surface area contributed by atoms with Crippen molar-refractivity contribution in [1.29, 1.82) is 0 Å². The van der Waals surface area contributed by atoms with E-state index < -0.39 is 5.60 Å². The number of ether oxygens (including phenoxy) is 1. The summed E-state index contributed by atoms with van der Waals surface area (Å²) in [5.41, 5.74) is -0.353. The van der Waals surface area contributed by atoms with Crippen LogP contribution < -0.4 is 15.4 Å². The number of benzene rings is 1. The average molecular weight is 266 g/mol. The molecule has 1 atom stereocenters. The molecule has 0 aliphatic heterocycles. The zero-order valence-electron chi connectivity index (χ0n) is 11.7. The largest absolute Gasteiger partial charge is 0.488 e. The summed E-state index contributed by atoms with van der Waals surface area (Å²) in [6, 6.07) is 7.15. The first-order valence-electron chi connectivity index (χ1n) is 6.37. The number of hydrogen-bond acceptors (Lipinski definition) is 4. The van der Waals surface area contributed by atoms with Crippen LogP contribution in [0.5, 0.6) is 5.75 Å². The Hall–Kier alpha value is -1.59. The number of para-hydroxylation sites is 2. The Morgan fingerprint density at radius 1 is 1.42 bits per heavy atom. The first-order chi connectivity index (χ1) is 8.94. The zero-order valence-corrected chi connectivity index (χ0v) is 11.7. The van der Waals surface area contributed by atoms with Crippen LogP contribution in [0.15, 0.2) is 24.3 Å². The molecule has 19 heavy (non-hydrogen) atoms. The van der Waals surface area contributed by atoms with Crippen LogP contribution in [0.4, 0.5) is 5.69 Å². The predicted molar refractivity (Wildman–Crippen MR) is 75.4 cm³/mol. The van der Waals surface area contributed by atoms with Gasteiger partial charge in [-0.3, -0.25) is 4.79 Å². The van der Waals surface area contributed by atoms with E-state index in [4.69, 9.17) is 4.74 Å². The molecule has 3 N–H and O–H groups in total. The molecule has 1 aromatic rings. The van der Waals surface area contributed by atoms with Gasteiger partial charge in [-0.15, -0.1) is 0 Å². The van der Waals surface area contributed by atoms with Gasteiger partial charge < -0.3 is 20.5 Å². The molecule has 0 aromatic heterocycles. The third-order valence-electron chi connectivity index (χ3n) is 2.49. The highest BCUT2D eigenvalue weighted by Gasteiger charge is 2.21. The maximum Gasteiger partial charge on any atom is 0.221 e. The van der Waals surface area contributed by atoms with Gasteiger partial charge in [0, 0.05) is 13.5 Å². The van der Waals surface area contributed by atoms with Gasteiger partial charge in [0.25, 0.3) is 0 Å². The van der Waals surface area contributed by atoms with Crippen molar-refractivity contribution >= 4 is 11.6 Å². The van der Waals surface area contributed by atoms with E-state index in [2.05, 4.69) is 10.6 Å². The molecule has 1 amide bonds. The van der Waals surface area contributed by atoms with Crippen molar-refractivity contribution in [3.05, 3.63) is 24.3 Å². The second kappa shape index (κ2) is 7.11. The van der Waals surface area contributed by atoms with Crippen LogP contribution in [0.3, 0.4) is 0 Å². The Morgan fingerprint density at radius 3 is 2.74 bits per heavy atom. The van der Waals surface area contributed by atoms with E-state index in [-0.39, 0.29) is 12.5 Å². The first kappa shape index (κ1) is 15.5. The van der Waals surface area contributed by atoms with E-state index >= 15 is 0 Å². The molecule has 0 radical (unpaired) electrons. The van der Waals surface area contributed by atoms with Crippen molar-refractivity contribution in [2.75, 3.05) is 25.0 Å². The van der Waals surface area contributed by atoms with Gasteiger partial charge in [0.05, 0.1) is 5.69 Å². The standard InChI is InChI=1S/C14H22N2O3/c1-4-15-9-14(3,18)10-19-13-8-6-5-7-12(13)16-11(2)17/h5-8,15,18H,4,9-10H2,1-3H3,(H,16,17). The first-order valence-corrected chi connectivity index (χ1v) is 6.37. The highest BCUT2D eigenvalue weighted by molar-refractivity contribution is 5.90. The number of nitrogens with one attached hydrogen (secondary N) is 2. The molecule has 5 heteroatoms. The van der Waals surface area contributed by atoms with E-state index in [1.165, 1.54) is 6.92 Å². The van der Waals surface area contributed by atoms with Gasteiger partial charge >= 0.3 is 0 Å². The van der Waals surface area contributed by atoms with E-state index in [0.29, 0.717) is 18.0 Å². The van der Waals surface area contributed by atoms with Crippen LogP contribution in [-0.4, -0.2) is 36.3 Å². The van der Waals surface area contributed by atoms with Gasteiger partial charge in [-0.05, 0) is 25.6 Å². The number of carbonyl (C=O) groups excluding carboxylic acids is 1. The van der Waals surface area contributed by atoms with Gasteiger partial charge in [-0.25, -0.2) is 0 Å². The molecule has 0 spiro atoms. The summed E-state index contributed by atoms with van der Waals surface area (Å²) in [5, 5.41) is 15.9. The third kappa shape index (κ3) is 5.72. The van der Waals surface area contributed by atoms with Crippen LogP contribution in [0.25, 0.3) is 0 Å². The van der Waals surface area contributed by atoms with Crippen molar-refractivity contribution in [1.82, 2.24) is 5.32 Å². The smallest absolute Gasteiger partial charge is 0.221 e. The van der Waals surface area contributed by atoms with Crippen LogP contribution in [0, 0.1) is 0 Å². The molecule has 0 saturated carbocycles. The molecule has 1 rings (SSSR count). The van der Waals surface area contributed by atoms with Crippen LogP contribution in [0.1, 0.15) is 20.8 Å². The molecule has 0 saturated heterocycles. The van der Waals surface area contributed by atoms with Gasteiger partial charge in [0.2, 0.25) is 5.91 Å². The summed E-state index contributed by atoms with van der Waals surface area (Å²) in [7, 11) is 0. The van der Waals surface area contributed by atoms with Gasteiger partial charge in [-0.2, -0.15) is 0 Å². The lowest BCUT2D eigenvalue weighted by atomic mass is 10.1. The van der Waals surface area contributed by atoms with E-state index in [1.807, 2.05) is 19.1 Å². The Morgan fingerprint density at radius 2 is 2.11 bits per heavy atom. The highest BCUT2D eigenvalue weighted by atomic mass is 16.5. The SMILES string of the molecule is CCNCC(C)(O)COc1ccccc1NC(C)=O. The van der Waals surface area contributed by atoms with E-state index in [0.717, 1.165) is 6.54 Å². The number of anilines is 1. The fourth-order valence-electron chi connectivity index (χ4n) is 1.56. The zero-order chi connectivity index (χ0) is 14.3. The van der Waals surface area contributed by atoms with Crippen LogP contribution in [-0.2, 0) is 4.79 Å². The molecule has 0 aliphatic rings. The molecule has 1 aromatic carbocycles. The normalized spacial score (nSPS) is 13.7. The van der Waals surface area contributed by atoms with E-state index in [9.17, 15) is 9.90 Å². The Labute approximate surface area is 114 Å². The fraction of sp³-hybridized carbons (Fsp3) is 0.500. The van der Waals surface area contributed by atoms with Gasteiger partial charge in [0.15, 0.2) is 0 Å². The van der Waals surface area contributed by atoms with Crippen molar-refractivity contribution in [2.24, 2.45) is 0 Å². The number of aliphatic hydroxyl groups is 1. The van der Waals surface area contributed by atoms with Gasteiger partial charge in [0.1, 0.15) is 18.0 Å². The van der Waals surface area contributed by atoms with Crippen LogP contribution in [0.2, 0.25) is 0 Å². The Kier molecular flexibility index (Phi) is 5.79. The molecule has 0 aliphatic carbocycles. The number of carbonyl (C=O) groups is 1. The molecular weight excluding hydrogens is 244 g/mol. The lowest BCUT2D eigenvalue weighted by Crippen LogP contribution is -2.42. The summed E-state index contributed by atoms with van der Waals surface area (Å²) in [6.07, 6.45) is 0. The second-order valence-electron chi connectivity index (χ2n) is 4.74. The molecule has 1 unspecified atom stereocenters. The minimum atomic E-state index is -0.959. The lowest BCUT2D eigenvalue weighted by Gasteiger charge is -2.24. The summed E-state index contributed by atoms with van der Waals surface area (Å²) in [4.78, 5) is 11.1. The summed E-state index contributed by atoms with van der Waals surface area (Å²) < 4.78 is 5.60. The van der Waals surface area contributed by atoms with Crippen molar-refractivity contribution in [2.45, 2.75) is 26.4 Å². The average Bonchev–Trinajstić information content (AvgIpc) is 2.35. The van der Waals surface area contributed by atoms with Gasteiger partial charge in [-0.1, -0.05) is 19.1 Å². The minimum Gasteiger partial charge on any atom is -0.488 e. The summed E-state index contributed by atoms with van der Waals surface area (Å²) in [5.74, 6) is 0.393. The lowest BCUT2D eigenvalue weighted by molar-refractivity contribution is -0.114. The summed E-state index contributed by atoms with van der Waals surface area (Å²) in [6.45, 7) is 6.51.